The maximum Gasteiger partial charge on any atom is 0.152 e. The Morgan fingerprint density at radius 3 is 2.79 bits per heavy atom. The van der Waals surface area contributed by atoms with Crippen molar-refractivity contribution in [2.75, 3.05) is 12.3 Å². The van der Waals surface area contributed by atoms with Gasteiger partial charge >= 0.3 is 0 Å². The predicted molar refractivity (Wildman–Crippen MR) is 94.7 cm³/mol. The molecule has 1 aliphatic heterocycles. The van der Waals surface area contributed by atoms with Gasteiger partial charge in [0.2, 0.25) is 0 Å². The molecule has 5 rings (SSSR count). The van der Waals surface area contributed by atoms with Crippen molar-refractivity contribution in [1.82, 2.24) is 14.5 Å². The molecule has 0 amide bonds. The van der Waals surface area contributed by atoms with E-state index >= 15 is 0 Å². The number of para-hydroxylation sites is 1. The minimum absolute atomic E-state index is 0.365. The molecule has 24 heavy (non-hydrogen) atoms. The SMILES string of the molecule is Nc1nc2ccccc2c2c1nc1n2[C@@H](C2CCCCC2)COC1. The van der Waals surface area contributed by atoms with Crippen molar-refractivity contribution in [1.29, 1.82) is 0 Å². The Morgan fingerprint density at radius 1 is 1.08 bits per heavy atom. The second-order valence-electron chi connectivity index (χ2n) is 7.09. The highest BCUT2D eigenvalue weighted by Crippen LogP contribution is 2.40. The quantitative estimate of drug-likeness (QED) is 0.739. The average molecular weight is 322 g/mol. The number of fused-ring (bicyclic) bond motifs is 5. The van der Waals surface area contributed by atoms with Crippen LogP contribution in [-0.2, 0) is 11.3 Å². The molecule has 5 heteroatoms. The number of imidazole rings is 1. The van der Waals surface area contributed by atoms with Crippen LogP contribution < -0.4 is 5.73 Å². The summed E-state index contributed by atoms with van der Waals surface area (Å²) in [6.07, 6.45) is 6.58. The molecule has 5 nitrogen and oxygen atoms in total. The Kier molecular flexibility index (Phi) is 3.23. The minimum atomic E-state index is 0.365. The Morgan fingerprint density at radius 2 is 1.92 bits per heavy atom. The van der Waals surface area contributed by atoms with E-state index < -0.39 is 0 Å². The summed E-state index contributed by atoms with van der Waals surface area (Å²) in [6, 6.07) is 8.60. The molecular weight excluding hydrogens is 300 g/mol. The molecule has 1 aliphatic carbocycles. The van der Waals surface area contributed by atoms with Crippen LogP contribution in [0.2, 0.25) is 0 Å². The van der Waals surface area contributed by atoms with Gasteiger partial charge in [-0.2, -0.15) is 0 Å². The summed E-state index contributed by atoms with van der Waals surface area (Å²) in [6.45, 7) is 1.34. The predicted octanol–water partition coefficient (Wildman–Crippen LogP) is 3.82. The van der Waals surface area contributed by atoms with Crippen molar-refractivity contribution < 1.29 is 4.74 Å². The van der Waals surface area contributed by atoms with Crippen LogP contribution in [0.4, 0.5) is 5.82 Å². The summed E-state index contributed by atoms with van der Waals surface area (Å²) in [7, 11) is 0. The van der Waals surface area contributed by atoms with Crippen molar-refractivity contribution in [3.63, 3.8) is 0 Å². The molecule has 0 saturated heterocycles. The fourth-order valence-corrected chi connectivity index (χ4v) is 4.54. The molecule has 0 unspecified atom stereocenters. The minimum Gasteiger partial charge on any atom is -0.382 e. The van der Waals surface area contributed by atoms with Crippen LogP contribution in [0.3, 0.4) is 0 Å². The van der Waals surface area contributed by atoms with Crippen LogP contribution in [0.15, 0.2) is 24.3 Å². The average Bonchev–Trinajstić information content (AvgIpc) is 3.03. The van der Waals surface area contributed by atoms with Crippen LogP contribution in [0.5, 0.6) is 0 Å². The Balaban J connectivity index is 1.78. The van der Waals surface area contributed by atoms with Crippen LogP contribution in [0, 0.1) is 5.92 Å². The molecule has 3 aromatic rings. The Labute approximate surface area is 140 Å². The van der Waals surface area contributed by atoms with E-state index in [1.54, 1.807) is 0 Å². The van der Waals surface area contributed by atoms with Gasteiger partial charge in [-0.3, -0.25) is 0 Å². The number of nitrogens with zero attached hydrogens (tertiary/aromatic N) is 3. The molecule has 2 aliphatic rings. The lowest BCUT2D eigenvalue weighted by Gasteiger charge is -2.35. The number of benzene rings is 1. The van der Waals surface area contributed by atoms with E-state index in [1.165, 1.54) is 32.1 Å². The number of nitrogen functional groups attached to an aromatic ring is 1. The molecule has 0 bridgehead atoms. The molecule has 1 fully saturated rings. The van der Waals surface area contributed by atoms with Gasteiger partial charge in [0, 0.05) is 5.39 Å². The molecule has 0 spiro atoms. The number of pyridine rings is 1. The second kappa shape index (κ2) is 5.45. The van der Waals surface area contributed by atoms with Gasteiger partial charge < -0.3 is 15.0 Å². The van der Waals surface area contributed by atoms with E-state index in [0.29, 0.717) is 24.4 Å². The van der Waals surface area contributed by atoms with Crippen LogP contribution in [0.1, 0.15) is 44.0 Å². The number of rotatable bonds is 1. The molecule has 2 aromatic heterocycles. The Hall–Kier alpha value is -2.14. The first-order chi connectivity index (χ1) is 11.8. The van der Waals surface area contributed by atoms with E-state index in [-0.39, 0.29) is 0 Å². The normalized spacial score (nSPS) is 22.1. The number of anilines is 1. The lowest BCUT2D eigenvalue weighted by Crippen LogP contribution is -2.31. The summed E-state index contributed by atoms with van der Waals surface area (Å²) in [5.41, 5.74) is 9.15. The molecule has 1 saturated carbocycles. The van der Waals surface area contributed by atoms with Gasteiger partial charge in [0.15, 0.2) is 5.82 Å². The number of ether oxygens (including phenoxy) is 1. The fourth-order valence-electron chi connectivity index (χ4n) is 4.54. The number of hydrogen-bond acceptors (Lipinski definition) is 4. The molecule has 124 valence electrons. The summed E-state index contributed by atoms with van der Waals surface area (Å²) in [4.78, 5) is 9.34. The summed E-state index contributed by atoms with van der Waals surface area (Å²) >= 11 is 0. The zero-order chi connectivity index (χ0) is 16.1. The van der Waals surface area contributed by atoms with E-state index in [2.05, 4.69) is 21.7 Å². The monoisotopic (exact) mass is 322 g/mol. The van der Waals surface area contributed by atoms with E-state index in [4.69, 9.17) is 15.5 Å². The summed E-state index contributed by atoms with van der Waals surface area (Å²) < 4.78 is 8.32. The highest BCUT2D eigenvalue weighted by atomic mass is 16.5. The van der Waals surface area contributed by atoms with E-state index in [9.17, 15) is 0 Å². The van der Waals surface area contributed by atoms with Gasteiger partial charge in [0.1, 0.15) is 17.9 Å². The molecule has 1 aromatic carbocycles. The fraction of sp³-hybridized carbons (Fsp3) is 0.474. The molecule has 1 atom stereocenters. The zero-order valence-corrected chi connectivity index (χ0v) is 13.7. The maximum absolute atomic E-state index is 6.23. The lowest BCUT2D eigenvalue weighted by molar-refractivity contribution is 0.0289. The summed E-state index contributed by atoms with van der Waals surface area (Å²) in [5, 5.41) is 1.14. The van der Waals surface area contributed by atoms with E-state index in [1.807, 2.05) is 12.1 Å². The van der Waals surface area contributed by atoms with Crippen LogP contribution in [-0.4, -0.2) is 21.1 Å². The first-order valence-electron chi connectivity index (χ1n) is 8.95. The van der Waals surface area contributed by atoms with Gasteiger partial charge in [-0.1, -0.05) is 37.5 Å². The first kappa shape index (κ1) is 14.2. The first-order valence-corrected chi connectivity index (χ1v) is 8.95. The number of aromatic nitrogens is 3. The molecule has 0 radical (unpaired) electrons. The smallest absolute Gasteiger partial charge is 0.152 e. The van der Waals surface area contributed by atoms with Gasteiger partial charge in [-0.25, -0.2) is 9.97 Å². The van der Waals surface area contributed by atoms with Gasteiger partial charge in [-0.05, 0) is 24.8 Å². The molecular formula is C19H22N4O. The number of hydrogen-bond donors (Lipinski definition) is 1. The van der Waals surface area contributed by atoms with Crippen LogP contribution >= 0.6 is 0 Å². The third-order valence-electron chi connectivity index (χ3n) is 5.67. The lowest BCUT2D eigenvalue weighted by atomic mass is 9.83. The van der Waals surface area contributed by atoms with Crippen LogP contribution in [0.25, 0.3) is 21.9 Å². The maximum atomic E-state index is 6.23. The van der Waals surface area contributed by atoms with Crippen molar-refractivity contribution in [2.45, 2.75) is 44.8 Å². The highest BCUT2D eigenvalue weighted by Gasteiger charge is 2.32. The van der Waals surface area contributed by atoms with Crippen molar-refractivity contribution in [3.05, 3.63) is 30.1 Å². The summed E-state index contributed by atoms with van der Waals surface area (Å²) in [5.74, 6) is 2.19. The zero-order valence-electron chi connectivity index (χ0n) is 13.7. The highest BCUT2D eigenvalue weighted by molar-refractivity contribution is 6.06. The Bertz CT molecular complexity index is 911. The third-order valence-corrected chi connectivity index (χ3v) is 5.67. The number of nitrogens with two attached hydrogens (primary N) is 1. The third kappa shape index (κ3) is 2.04. The van der Waals surface area contributed by atoms with Crippen molar-refractivity contribution >= 4 is 27.8 Å². The van der Waals surface area contributed by atoms with Gasteiger partial charge in [0.25, 0.3) is 0 Å². The van der Waals surface area contributed by atoms with Crippen molar-refractivity contribution in [2.24, 2.45) is 5.92 Å². The van der Waals surface area contributed by atoms with Crippen molar-refractivity contribution in [3.8, 4) is 0 Å². The van der Waals surface area contributed by atoms with Gasteiger partial charge in [-0.15, -0.1) is 0 Å². The molecule has 3 heterocycles. The van der Waals surface area contributed by atoms with E-state index in [0.717, 1.165) is 34.4 Å². The largest absolute Gasteiger partial charge is 0.382 e. The topological polar surface area (TPSA) is 66.0 Å². The molecule has 2 N–H and O–H groups in total. The standard InChI is InChI=1S/C19H22N4O/c20-19-17-18(13-8-4-5-9-14(13)21-19)23-15(10-24-11-16(23)22-17)12-6-2-1-3-7-12/h4-5,8-9,12,15H,1-3,6-7,10-11H2,(H2,20,21)/t15-/m1/s1. The second-order valence-corrected chi connectivity index (χ2v) is 7.09. The van der Waals surface area contributed by atoms with Gasteiger partial charge in [0.05, 0.1) is 23.7 Å².